The summed E-state index contributed by atoms with van der Waals surface area (Å²) in [6.45, 7) is 1.76. The summed E-state index contributed by atoms with van der Waals surface area (Å²) in [4.78, 5) is 2.74. The highest BCUT2D eigenvalue weighted by atomic mass is 16.5. The predicted octanol–water partition coefficient (Wildman–Crippen LogP) is 6.55. The third-order valence-corrected chi connectivity index (χ3v) is 6.81. The summed E-state index contributed by atoms with van der Waals surface area (Å²) in [5.41, 5.74) is 5.44. The zero-order chi connectivity index (χ0) is 20.9. The molecular weight excluding hydrogens is 378 g/mol. The summed E-state index contributed by atoms with van der Waals surface area (Å²) < 4.78 is 6.44. The highest BCUT2D eigenvalue weighted by molar-refractivity contribution is 5.30. The van der Waals surface area contributed by atoms with Crippen LogP contribution in [-0.4, -0.2) is 23.6 Å². The summed E-state index contributed by atoms with van der Waals surface area (Å²) in [6, 6.07) is 33.4. The normalized spacial score (nSPS) is 22.3. The van der Waals surface area contributed by atoms with Gasteiger partial charge in [0.15, 0.2) is 0 Å². The van der Waals surface area contributed by atoms with Gasteiger partial charge in [-0.1, -0.05) is 103 Å². The zero-order valence-corrected chi connectivity index (χ0v) is 18.1. The molecule has 0 unspecified atom stereocenters. The summed E-state index contributed by atoms with van der Waals surface area (Å²) in [5.74, 6) is 0. The minimum Gasteiger partial charge on any atom is -0.365 e. The van der Waals surface area contributed by atoms with Crippen LogP contribution in [0.2, 0.25) is 0 Å². The minimum atomic E-state index is -0.0193. The monoisotopic (exact) mass is 409 g/mol. The molecule has 3 aromatic rings. The lowest BCUT2D eigenvalue weighted by atomic mass is 9.95. The molecule has 3 aromatic carbocycles. The Labute approximate surface area is 186 Å². The van der Waals surface area contributed by atoms with Gasteiger partial charge in [-0.3, -0.25) is 4.90 Å². The van der Waals surface area contributed by atoms with Gasteiger partial charge in [0.25, 0.3) is 0 Å². The Hall–Kier alpha value is -2.68. The van der Waals surface area contributed by atoms with Crippen molar-refractivity contribution in [1.82, 2.24) is 4.90 Å². The second-order valence-corrected chi connectivity index (χ2v) is 8.85. The van der Waals surface area contributed by atoms with Crippen LogP contribution in [0.15, 0.2) is 103 Å². The Balaban J connectivity index is 1.24. The van der Waals surface area contributed by atoms with Gasteiger partial charge in [-0.05, 0) is 42.4 Å². The maximum atomic E-state index is 6.44. The first kappa shape index (κ1) is 20.2. The fraction of sp³-hybridized carbons (Fsp3) is 0.310. The SMILES string of the molecule is C(COC(c1ccccc1)c1ccccc1)=C1C[C@H]2CC[C@@H](C1)N2Cc1ccccc1. The number of fused-ring (bicyclic) bond motifs is 2. The predicted molar refractivity (Wildman–Crippen MR) is 127 cm³/mol. The lowest BCUT2D eigenvalue weighted by Gasteiger charge is -2.36. The van der Waals surface area contributed by atoms with E-state index in [1.807, 2.05) is 0 Å². The Kier molecular flexibility index (Phi) is 6.29. The molecule has 0 aliphatic carbocycles. The lowest BCUT2D eigenvalue weighted by molar-refractivity contribution is 0.102. The van der Waals surface area contributed by atoms with E-state index in [9.17, 15) is 0 Å². The third-order valence-electron chi connectivity index (χ3n) is 6.81. The average Bonchev–Trinajstić information content (AvgIpc) is 3.05. The summed E-state index contributed by atoms with van der Waals surface area (Å²) in [5, 5.41) is 0. The van der Waals surface area contributed by atoms with E-state index in [-0.39, 0.29) is 6.10 Å². The highest BCUT2D eigenvalue weighted by Gasteiger charge is 2.38. The molecule has 2 aliphatic heterocycles. The van der Waals surface area contributed by atoms with Gasteiger partial charge in [0.05, 0.1) is 6.61 Å². The molecule has 2 aliphatic rings. The van der Waals surface area contributed by atoms with Crippen molar-refractivity contribution in [2.75, 3.05) is 6.61 Å². The quantitative estimate of drug-likeness (QED) is 0.411. The molecule has 2 nitrogen and oxygen atoms in total. The van der Waals surface area contributed by atoms with Crippen LogP contribution < -0.4 is 0 Å². The molecular formula is C29H31NO. The summed E-state index contributed by atoms with van der Waals surface area (Å²) in [6.07, 6.45) is 7.37. The number of benzene rings is 3. The van der Waals surface area contributed by atoms with E-state index in [1.54, 1.807) is 5.57 Å². The first-order chi connectivity index (χ1) is 15.4. The van der Waals surface area contributed by atoms with Crippen LogP contribution >= 0.6 is 0 Å². The van der Waals surface area contributed by atoms with E-state index in [0.29, 0.717) is 18.7 Å². The van der Waals surface area contributed by atoms with Gasteiger partial charge in [0.2, 0.25) is 0 Å². The van der Waals surface area contributed by atoms with Gasteiger partial charge < -0.3 is 4.74 Å². The van der Waals surface area contributed by atoms with Crippen molar-refractivity contribution in [3.63, 3.8) is 0 Å². The van der Waals surface area contributed by atoms with E-state index in [0.717, 1.165) is 6.54 Å². The standard InChI is InChI=1S/C29H31NO/c1-4-10-23(11-5-1)22-30-27-16-17-28(30)21-24(20-27)18-19-31-29(25-12-6-2-7-13-25)26-14-8-3-9-15-26/h1-15,18,27-29H,16-17,19-22H2/t27-,28+. The van der Waals surface area contributed by atoms with Crippen LogP contribution in [0.4, 0.5) is 0 Å². The van der Waals surface area contributed by atoms with Crippen molar-refractivity contribution in [3.05, 3.63) is 119 Å². The Bertz CT molecular complexity index is 928. The van der Waals surface area contributed by atoms with Crippen molar-refractivity contribution >= 4 is 0 Å². The van der Waals surface area contributed by atoms with Crippen molar-refractivity contribution in [1.29, 1.82) is 0 Å². The molecule has 2 atom stereocenters. The molecule has 2 heteroatoms. The second kappa shape index (κ2) is 9.64. The number of nitrogens with zero attached hydrogens (tertiary/aromatic N) is 1. The maximum Gasteiger partial charge on any atom is 0.108 e. The van der Waals surface area contributed by atoms with E-state index < -0.39 is 0 Å². The molecule has 5 rings (SSSR count). The molecule has 158 valence electrons. The van der Waals surface area contributed by atoms with E-state index in [4.69, 9.17) is 4.74 Å². The largest absolute Gasteiger partial charge is 0.365 e. The molecule has 0 amide bonds. The molecule has 2 fully saturated rings. The van der Waals surface area contributed by atoms with Crippen LogP contribution in [0.3, 0.4) is 0 Å². The Morgan fingerprint density at radius 2 is 1.26 bits per heavy atom. The first-order valence-electron chi connectivity index (χ1n) is 11.6. The molecule has 0 radical (unpaired) electrons. The lowest BCUT2D eigenvalue weighted by Crippen LogP contribution is -2.39. The third kappa shape index (κ3) is 4.81. The van der Waals surface area contributed by atoms with Gasteiger partial charge in [0.1, 0.15) is 6.10 Å². The van der Waals surface area contributed by atoms with Crippen LogP contribution in [-0.2, 0) is 11.3 Å². The minimum absolute atomic E-state index is 0.0193. The summed E-state index contributed by atoms with van der Waals surface area (Å²) >= 11 is 0. The smallest absolute Gasteiger partial charge is 0.108 e. The number of rotatable bonds is 7. The van der Waals surface area contributed by atoms with Crippen LogP contribution in [0.25, 0.3) is 0 Å². The van der Waals surface area contributed by atoms with Crippen molar-refractivity contribution in [2.24, 2.45) is 0 Å². The number of hydrogen-bond donors (Lipinski definition) is 0. The van der Waals surface area contributed by atoms with Crippen LogP contribution in [0.1, 0.15) is 48.5 Å². The first-order valence-corrected chi connectivity index (χ1v) is 11.6. The van der Waals surface area contributed by atoms with E-state index in [1.165, 1.54) is 42.4 Å². The van der Waals surface area contributed by atoms with Gasteiger partial charge in [-0.25, -0.2) is 0 Å². The molecule has 31 heavy (non-hydrogen) atoms. The Morgan fingerprint density at radius 1 is 0.742 bits per heavy atom. The number of hydrogen-bond acceptors (Lipinski definition) is 2. The molecule has 0 N–H and O–H groups in total. The van der Waals surface area contributed by atoms with Gasteiger partial charge in [0, 0.05) is 18.6 Å². The Morgan fingerprint density at radius 3 is 1.81 bits per heavy atom. The molecule has 0 saturated carbocycles. The van der Waals surface area contributed by atoms with E-state index >= 15 is 0 Å². The second-order valence-electron chi connectivity index (χ2n) is 8.85. The topological polar surface area (TPSA) is 12.5 Å². The van der Waals surface area contributed by atoms with Crippen molar-refractivity contribution in [3.8, 4) is 0 Å². The molecule has 2 heterocycles. The molecule has 0 aromatic heterocycles. The highest BCUT2D eigenvalue weighted by Crippen LogP contribution is 2.39. The van der Waals surface area contributed by atoms with Crippen molar-refractivity contribution in [2.45, 2.75) is 50.4 Å². The van der Waals surface area contributed by atoms with Gasteiger partial charge in [-0.15, -0.1) is 0 Å². The fourth-order valence-corrected chi connectivity index (χ4v) is 5.26. The molecule has 2 bridgehead atoms. The molecule has 0 spiro atoms. The zero-order valence-electron chi connectivity index (χ0n) is 18.1. The maximum absolute atomic E-state index is 6.44. The fourth-order valence-electron chi connectivity index (χ4n) is 5.26. The van der Waals surface area contributed by atoms with E-state index in [2.05, 4.69) is 102 Å². The number of piperidine rings is 1. The summed E-state index contributed by atoms with van der Waals surface area (Å²) in [7, 11) is 0. The number of ether oxygens (including phenoxy) is 1. The van der Waals surface area contributed by atoms with Gasteiger partial charge in [-0.2, -0.15) is 0 Å². The molecule has 2 saturated heterocycles. The van der Waals surface area contributed by atoms with Gasteiger partial charge >= 0.3 is 0 Å². The van der Waals surface area contributed by atoms with Crippen molar-refractivity contribution < 1.29 is 4.74 Å². The average molecular weight is 410 g/mol. The van der Waals surface area contributed by atoms with Crippen LogP contribution in [0.5, 0.6) is 0 Å². The van der Waals surface area contributed by atoms with Crippen LogP contribution in [0, 0.1) is 0 Å².